The van der Waals surface area contributed by atoms with Crippen molar-refractivity contribution in [3.05, 3.63) is 70.8 Å². The van der Waals surface area contributed by atoms with Crippen molar-refractivity contribution in [3.8, 4) is 0 Å². The van der Waals surface area contributed by atoms with Gasteiger partial charge >= 0.3 is 0 Å². The van der Waals surface area contributed by atoms with Crippen molar-refractivity contribution in [1.82, 2.24) is 5.32 Å². The Morgan fingerprint density at radius 1 is 0.952 bits per heavy atom. The topological polar surface area (TPSA) is 29.1 Å². The molecule has 110 valence electrons. The van der Waals surface area contributed by atoms with Gasteiger partial charge in [0.15, 0.2) is 0 Å². The lowest BCUT2D eigenvalue weighted by atomic mass is 10.1. The molecule has 0 aliphatic rings. The van der Waals surface area contributed by atoms with Crippen LogP contribution >= 0.6 is 0 Å². The van der Waals surface area contributed by atoms with Gasteiger partial charge in [-0.05, 0) is 25.1 Å². The number of hydrogen-bond donors (Lipinski definition) is 1. The van der Waals surface area contributed by atoms with Gasteiger partial charge in [0.05, 0.1) is 6.04 Å². The fourth-order valence-electron chi connectivity index (χ4n) is 1.90. The van der Waals surface area contributed by atoms with E-state index in [1.54, 1.807) is 0 Å². The summed E-state index contributed by atoms with van der Waals surface area (Å²) in [4.78, 5) is 11.9. The van der Waals surface area contributed by atoms with E-state index in [0.29, 0.717) is 12.1 Å². The molecule has 0 heterocycles. The molecule has 0 radical (unpaired) electrons. The molecule has 6 heteroatoms. The highest BCUT2D eigenvalue weighted by atomic mass is 19.1. The zero-order chi connectivity index (χ0) is 15.6. The summed E-state index contributed by atoms with van der Waals surface area (Å²) in [7, 11) is 0. The highest BCUT2D eigenvalue weighted by Crippen LogP contribution is 2.18. The quantitative estimate of drug-likeness (QED) is 0.859. The van der Waals surface area contributed by atoms with E-state index < -0.39 is 35.2 Å². The Bertz CT molecular complexity index is 667. The van der Waals surface area contributed by atoms with Crippen LogP contribution in [0, 0.1) is 23.3 Å². The lowest BCUT2D eigenvalue weighted by Gasteiger charge is -2.15. The molecule has 0 saturated heterocycles. The van der Waals surface area contributed by atoms with Crippen LogP contribution in [0.3, 0.4) is 0 Å². The van der Waals surface area contributed by atoms with Gasteiger partial charge < -0.3 is 5.32 Å². The van der Waals surface area contributed by atoms with Crippen LogP contribution in [-0.4, -0.2) is 5.91 Å². The van der Waals surface area contributed by atoms with Crippen molar-refractivity contribution in [3.63, 3.8) is 0 Å². The lowest BCUT2D eigenvalue weighted by Crippen LogP contribution is -2.27. The monoisotopic (exact) mass is 297 g/mol. The van der Waals surface area contributed by atoms with E-state index in [0.717, 1.165) is 18.2 Å². The van der Waals surface area contributed by atoms with E-state index in [1.807, 2.05) is 0 Å². The maximum absolute atomic E-state index is 13.6. The van der Waals surface area contributed by atoms with Crippen molar-refractivity contribution in [2.45, 2.75) is 13.0 Å². The molecule has 2 aromatic carbocycles. The maximum atomic E-state index is 13.6. The third-order valence-electron chi connectivity index (χ3n) is 2.90. The summed E-state index contributed by atoms with van der Waals surface area (Å²) in [6.45, 7) is 1.48. The molecule has 2 rings (SSSR count). The van der Waals surface area contributed by atoms with Crippen LogP contribution in [0.15, 0.2) is 36.4 Å². The fourth-order valence-corrected chi connectivity index (χ4v) is 1.90. The van der Waals surface area contributed by atoms with Gasteiger partial charge in [-0.15, -0.1) is 0 Å². The number of rotatable bonds is 3. The summed E-state index contributed by atoms with van der Waals surface area (Å²) < 4.78 is 52.5. The Morgan fingerprint density at radius 3 is 2.14 bits per heavy atom. The van der Waals surface area contributed by atoms with Gasteiger partial charge in [0, 0.05) is 23.3 Å². The van der Waals surface area contributed by atoms with Gasteiger partial charge in [0.2, 0.25) is 0 Å². The first-order valence-corrected chi connectivity index (χ1v) is 6.08. The van der Waals surface area contributed by atoms with Gasteiger partial charge in [-0.25, -0.2) is 17.6 Å². The Kier molecular flexibility index (Phi) is 4.26. The second-order valence-corrected chi connectivity index (χ2v) is 4.52. The second kappa shape index (κ2) is 5.95. The van der Waals surface area contributed by atoms with Crippen molar-refractivity contribution < 1.29 is 22.4 Å². The predicted octanol–water partition coefficient (Wildman–Crippen LogP) is 3.73. The van der Waals surface area contributed by atoms with Gasteiger partial charge in [0.25, 0.3) is 5.91 Å². The number of halogens is 4. The van der Waals surface area contributed by atoms with Crippen LogP contribution in [0.25, 0.3) is 0 Å². The molecular weight excluding hydrogens is 286 g/mol. The molecule has 0 unspecified atom stereocenters. The summed E-state index contributed by atoms with van der Waals surface area (Å²) in [6, 6.07) is 4.53. The van der Waals surface area contributed by atoms with Gasteiger partial charge in [-0.2, -0.15) is 0 Å². The molecule has 2 aromatic rings. The molecule has 0 aromatic heterocycles. The van der Waals surface area contributed by atoms with E-state index in [9.17, 15) is 22.4 Å². The predicted molar refractivity (Wildman–Crippen MR) is 68.6 cm³/mol. The summed E-state index contributed by atoms with van der Waals surface area (Å²) in [6.07, 6.45) is 0. The number of nitrogens with one attached hydrogen (secondary N) is 1. The summed E-state index contributed by atoms with van der Waals surface area (Å²) >= 11 is 0. The summed E-state index contributed by atoms with van der Waals surface area (Å²) in [5, 5.41) is 2.39. The van der Waals surface area contributed by atoms with Gasteiger partial charge in [-0.1, -0.05) is 6.07 Å². The molecule has 0 fully saturated rings. The van der Waals surface area contributed by atoms with Crippen molar-refractivity contribution in [2.24, 2.45) is 0 Å². The minimum Gasteiger partial charge on any atom is -0.345 e. The molecule has 0 aliphatic carbocycles. The molecule has 1 N–H and O–H groups in total. The first kappa shape index (κ1) is 15.0. The van der Waals surface area contributed by atoms with Crippen LogP contribution in [-0.2, 0) is 0 Å². The molecule has 21 heavy (non-hydrogen) atoms. The highest BCUT2D eigenvalue weighted by Gasteiger charge is 2.16. The van der Waals surface area contributed by atoms with Crippen molar-refractivity contribution in [1.29, 1.82) is 0 Å². The number of hydrogen-bond acceptors (Lipinski definition) is 1. The molecule has 1 amide bonds. The average molecular weight is 297 g/mol. The van der Waals surface area contributed by atoms with Crippen molar-refractivity contribution in [2.75, 3.05) is 0 Å². The van der Waals surface area contributed by atoms with Crippen LogP contribution in [0.2, 0.25) is 0 Å². The first-order chi connectivity index (χ1) is 9.86. The normalized spacial score (nSPS) is 12.0. The minimum atomic E-state index is -0.888. The molecule has 1 atom stereocenters. The molecule has 0 spiro atoms. The molecule has 2 nitrogen and oxygen atoms in total. The first-order valence-electron chi connectivity index (χ1n) is 6.08. The van der Waals surface area contributed by atoms with E-state index in [4.69, 9.17) is 0 Å². The lowest BCUT2D eigenvalue weighted by molar-refractivity contribution is 0.0938. The fraction of sp³-hybridized carbons (Fsp3) is 0.133. The molecular formula is C15H11F4NO. The number of benzene rings is 2. The maximum Gasteiger partial charge on any atom is 0.251 e. The zero-order valence-corrected chi connectivity index (χ0v) is 11.0. The number of carbonyl (C=O) groups excluding carboxylic acids is 1. The smallest absolute Gasteiger partial charge is 0.251 e. The van der Waals surface area contributed by atoms with E-state index in [-0.39, 0.29) is 11.1 Å². The Balaban J connectivity index is 2.18. The number of carbonyl (C=O) groups is 1. The van der Waals surface area contributed by atoms with Crippen LogP contribution in [0.1, 0.15) is 28.9 Å². The van der Waals surface area contributed by atoms with Crippen LogP contribution < -0.4 is 5.32 Å². The summed E-state index contributed by atoms with van der Waals surface area (Å²) in [5.74, 6) is -4.08. The number of amides is 1. The largest absolute Gasteiger partial charge is 0.345 e. The van der Waals surface area contributed by atoms with E-state index in [2.05, 4.69) is 5.32 Å². The van der Waals surface area contributed by atoms with E-state index in [1.165, 1.54) is 13.0 Å². The van der Waals surface area contributed by atoms with Crippen LogP contribution in [0.4, 0.5) is 17.6 Å². The third kappa shape index (κ3) is 3.59. The van der Waals surface area contributed by atoms with Crippen molar-refractivity contribution >= 4 is 5.91 Å². The Morgan fingerprint density at radius 2 is 1.57 bits per heavy atom. The minimum absolute atomic E-state index is 0.0709. The molecule has 0 saturated carbocycles. The van der Waals surface area contributed by atoms with Gasteiger partial charge in [-0.3, -0.25) is 4.79 Å². The van der Waals surface area contributed by atoms with Crippen LogP contribution in [0.5, 0.6) is 0 Å². The Hall–Kier alpha value is -2.37. The standard InChI is InChI=1S/C15H11F4NO/c1-8(13-3-2-10(16)7-14(13)19)20-15(21)9-4-11(17)6-12(18)5-9/h2-8H,1H3,(H,20,21)/t8-/m0/s1. The van der Waals surface area contributed by atoms with Gasteiger partial charge in [0.1, 0.15) is 23.3 Å². The second-order valence-electron chi connectivity index (χ2n) is 4.52. The van der Waals surface area contributed by atoms with E-state index >= 15 is 0 Å². The molecule has 0 bridgehead atoms. The Labute approximate surface area is 118 Å². The highest BCUT2D eigenvalue weighted by molar-refractivity contribution is 5.94. The zero-order valence-electron chi connectivity index (χ0n) is 11.0. The average Bonchev–Trinajstić information content (AvgIpc) is 2.37. The summed E-state index contributed by atoms with van der Waals surface area (Å²) in [5.41, 5.74) is -0.150. The molecule has 0 aliphatic heterocycles. The SMILES string of the molecule is C[C@H](NC(=O)c1cc(F)cc(F)c1)c1ccc(F)cc1F. The third-order valence-corrected chi connectivity index (χ3v) is 2.90.